The third-order valence-electron chi connectivity index (χ3n) is 4.22. The molecule has 27 heavy (non-hydrogen) atoms. The molecule has 0 bridgehead atoms. The van der Waals surface area contributed by atoms with Crippen LogP contribution in [0.15, 0.2) is 29.3 Å². The van der Waals surface area contributed by atoms with Crippen LogP contribution in [-0.2, 0) is 24.3 Å². The molecule has 2 aromatic rings. The molecule has 146 valence electrons. The first kappa shape index (κ1) is 19.4. The summed E-state index contributed by atoms with van der Waals surface area (Å²) in [6.45, 7) is 2.37. The number of aryl methyl sites for hydroxylation is 1. The van der Waals surface area contributed by atoms with Gasteiger partial charge in [0, 0.05) is 31.6 Å². The van der Waals surface area contributed by atoms with Crippen LogP contribution in [0.3, 0.4) is 0 Å². The average molecular weight is 393 g/mol. The fraction of sp³-hybridized carbons (Fsp3) is 0.500. The summed E-state index contributed by atoms with van der Waals surface area (Å²) >= 11 is 5.87. The number of fused-ring (bicyclic) bond motifs is 1. The van der Waals surface area contributed by atoms with Crippen LogP contribution in [0.2, 0.25) is 5.02 Å². The first-order valence-electron chi connectivity index (χ1n) is 8.95. The number of nitrogens with zero attached hydrogens (tertiary/aromatic N) is 4. The van der Waals surface area contributed by atoms with E-state index in [9.17, 15) is 0 Å². The van der Waals surface area contributed by atoms with Gasteiger partial charge in [-0.3, -0.25) is 4.99 Å². The Morgan fingerprint density at radius 1 is 1.37 bits per heavy atom. The third kappa shape index (κ3) is 5.58. The molecule has 1 unspecified atom stereocenters. The molecule has 0 amide bonds. The van der Waals surface area contributed by atoms with Gasteiger partial charge in [-0.1, -0.05) is 11.6 Å². The smallest absolute Gasteiger partial charge is 0.191 e. The minimum atomic E-state index is 0.248. The van der Waals surface area contributed by atoms with Gasteiger partial charge in [0.1, 0.15) is 24.8 Å². The van der Waals surface area contributed by atoms with Gasteiger partial charge < -0.3 is 20.1 Å². The topological polar surface area (TPSA) is 85.6 Å². The van der Waals surface area contributed by atoms with Crippen molar-refractivity contribution < 1.29 is 9.47 Å². The Bertz CT molecular complexity index is 762. The molecule has 9 heteroatoms. The summed E-state index contributed by atoms with van der Waals surface area (Å²) in [6, 6.07) is 7.57. The molecular formula is C18H25ClN6O2. The van der Waals surface area contributed by atoms with Gasteiger partial charge >= 0.3 is 0 Å². The van der Waals surface area contributed by atoms with E-state index in [4.69, 9.17) is 21.1 Å². The molecule has 1 atom stereocenters. The molecule has 0 spiro atoms. The SMILES string of the molecule is CN=C(NCCOc1ccc(Cl)cc1)NC1CCc2nc(COC)nn2C1. The van der Waals surface area contributed by atoms with E-state index in [0.717, 1.165) is 42.7 Å². The Hall–Kier alpha value is -2.32. The highest BCUT2D eigenvalue weighted by Gasteiger charge is 2.22. The van der Waals surface area contributed by atoms with Crippen molar-refractivity contribution in [1.29, 1.82) is 0 Å². The minimum Gasteiger partial charge on any atom is -0.492 e. The van der Waals surface area contributed by atoms with E-state index in [1.165, 1.54) is 0 Å². The first-order chi connectivity index (χ1) is 13.2. The summed E-state index contributed by atoms with van der Waals surface area (Å²) in [5, 5.41) is 11.9. The Morgan fingerprint density at radius 3 is 2.93 bits per heavy atom. The second-order valence-electron chi connectivity index (χ2n) is 6.24. The number of aromatic nitrogens is 3. The van der Waals surface area contributed by atoms with Crippen molar-refractivity contribution in [1.82, 2.24) is 25.4 Å². The summed E-state index contributed by atoms with van der Waals surface area (Å²) in [5.41, 5.74) is 0. The maximum atomic E-state index is 5.87. The van der Waals surface area contributed by atoms with Crippen molar-refractivity contribution in [3.8, 4) is 5.75 Å². The number of aliphatic imine (C=N–C) groups is 1. The van der Waals surface area contributed by atoms with Crippen LogP contribution in [0, 0.1) is 0 Å². The molecule has 2 N–H and O–H groups in total. The fourth-order valence-corrected chi connectivity index (χ4v) is 3.05. The predicted octanol–water partition coefficient (Wildman–Crippen LogP) is 1.64. The lowest BCUT2D eigenvalue weighted by Crippen LogP contribution is -2.47. The van der Waals surface area contributed by atoms with Crippen LogP contribution in [0.1, 0.15) is 18.1 Å². The zero-order valence-corrected chi connectivity index (χ0v) is 16.4. The number of nitrogens with one attached hydrogen (secondary N) is 2. The minimum absolute atomic E-state index is 0.248. The van der Waals surface area contributed by atoms with Crippen LogP contribution in [0.4, 0.5) is 0 Å². The van der Waals surface area contributed by atoms with Crippen molar-refractivity contribution in [2.24, 2.45) is 4.99 Å². The van der Waals surface area contributed by atoms with Crippen LogP contribution in [-0.4, -0.2) is 54.1 Å². The average Bonchev–Trinajstić information content (AvgIpc) is 3.07. The summed E-state index contributed by atoms with van der Waals surface area (Å²) in [5.74, 6) is 3.29. The van der Waals surface area contributed by atoms with Gasteiger partial charge in [-0.15, -0.1) is 0 Å². The summed E-state index contributed by atoms with van der Waals surface area (Å²) in [6.07, 6.45) is 1.86. The number of rotatable bonds is 7. The lowest BCUT2D eigenvalue weighted by molar-refractivity contribution is 0.177. The predicted molar refractivity (Wildman–Crippen MR) is 104 cm³/mol. The Morgan fingerprint density at radius 2 is 2.19 bits per heavy atom. The van der Waals surface area contributed by atoms with E-state index >= 15 is 0 Å². The molecule has 1 aliphatic heterocycles. The maximum absolute atomic E-state index is 5.87. The van der Waals surface area contributed by atoms with E-state index in [1.807, 2.05) is 28.9 Å². The van der Waals surface area contributed by atoms with Crippen LogP contribution < -0.4 is 15.4 Å². The highest BCUT2D eigenvalue weighted by Crippen LogP contribution is 2.15. The molecule has 0 radical (unpaired) electrons. The number of guanidine groups is 1. The van der Waals surface area contributed by atoms with Crippen LogP contribution in [0.25, 0.3) is 0 Å². The van der Waals surface area contributed by atoms with Gasteiger partial charge in [0.15, 0.2) is 11.8 Å². The summed E-state index contributed by atoms with van der Waals surface area (Å²) in [7, 11) is 3.41. The zero-order chi connectivity index (χ0) is 19.1. The van der Waals surface area contributed by atoms with Crippen molar-refractivity contribution in [2.75, 3.05) is 27.3 Å². The molecule has 1 aliphatic rings. The molecule has 0 fully saturated rings. The standard InChI is InChI=1S/C18H25ClN6O2/c1-20-18(21-9-10-27-15-6-3-13(19)4-7-15)22-14-5-8-17-23-16(12-26-2)24-25(17)11-14/h3-4,6-7,14H,5,8-12H2,1-2H3,(H2,20,21,22). The molecule has 2 heterocycles. The quantitative estimate of drug-likeness (QED) is 0.423. The molecule has 0 aliphatic carbocycles. The maximum Gasteiger partial charge on any atom is 0.191 e. The van der Waals surface area contributed by atoms with Crippen LogP contribution in [0.5, 0.6) is 5.75 Å². The lowest BCUT2D eigenvalue weighted by Gasteiger charge is -2.25. The molecule has 0 saturated heterocycles. The van der Waals surface area contributed by atoms with E-state index in [0.29, 0.717) is 24.8 Å². The van der Waals surface area contributed by atoms with Crippen molar-refractivity contribution in [2.45, 2.75) is 32.0 Å². The Kier molecular flexibility index (Phi) is 6.89. The number of methoxy groups -OCH3 is 1. The number of hydrogen-bond acceptors (Lipinski definition) is 5. The normalized spacial score (nSPS) is 16.7. The number of halogens is 1. The van der Waals surface area contributed by atoms with E-state index in [2.05, 4.69) is 25.7 Å². The molecule has 3 rings (SSSR count). The van der Waals surface area contributed by atoms with E-state index < -0.39 is 0 Å². The lowest BCUT2D eigenvalue weighted by atomic mass is 10.1. The first-order valence-corrected chi connectivity index (χ1v) is 9.33. The van der Waals surface area contributed by atoms with Gasteiger partial charge in [0.05, 0.1) is 13.1 Å². The van der Waals surface area contributed by atoms with Crippen LogP contribution >= 0.6 is 11.6 Å². The van der Waals surface area contributed by atoms with Gasteiger partial charge in [-0.25, -0.2) is 9.67 Å². The second-order valence-corrected chi connectivity index (χ2v) is 6.68. The van der Waals surface area contributed by atoms with Gasteiger partial charge in [0.25, 0.3) is 0 Å². The molecule has 1 aromatic carbocycles. The van der Waals surface area contributed by atoms with Gasteiger partial charge in [-0.2, -0.15) is 5.10 Å². The Balaban J connectivity index is 1.42. The second kappa shape index (κ2) is 9.57. The number of benzene rings is 1. The zero-order valence-electron chi connectivity index (χ0n) is 15.6. The highest BCUT2D eigenvalue weighted by molar-refractivity contribution is 6.30. The number of ether oxygens (including phenoxy) is 2. The molecule has 1 aromatic heterocycles. The largest absolute Gasteiger partial charge is 0.492 e. The summed E-state index contributed by atoms with van der Waals surface area (Å²) < 4.78 is 12.7. The fourth-order valence-electron chi connectivity index (χ4n) is 2.93. The monoisotopic (exact) mass is 392 g/mol. The van der Waals surface area contributed by atoms with Crippen molar-refractivity contribution in [3.63, 3.8) is 0 Å². The molecular weight excluding hydrogens is 368 g/mol. The molecule has 8 nitrogen and oxygen atoms in total. The molecule has 0 saturated carbocycles. The van der Waals surface area contributed by atoms with Gasteiger partial charge in [-0.05, 0) is 30.7 Å². The van der Waals surface area contributed by atoms with Crippen molar-refractivity contribution >= 4 is 17.6 Å². The third-order valence-corrected chi connectivity index (χ3v) is 4.47. The van der Waals surface area contributed by atoms with Gasteiger partial charge in [0.2, 0.25) is 0 Å². The highest BCUT2D eigenvalue weighted by atomic mass is 35.5. The Labute approximate surface area is 163 Å². The van der Waals surface area contributed by atoms with Crippen molar-refractivity contribution in [3.05, 3.63) is 40.9 Å². The summed E-state index contributed by atoms with van der Waals surface area (Å²) in [4.78, 5) is 8.78. The van der Waals surface area contributed by atoms with E-state index in [-0.39, 0.29) is 6.04 Å². The van der Waals surface area contributed by atoms with E-state index in [1.54, 1.807) is 14.2 Å². The number of hydrogen-bond donors (Lipinski definition) is 2.